The van der Waals surface area contributed by atoms with Gasteiger partial charge in [-0.15, -0.1) is 11.3 Å². The van der Waals surface area contributed by atoms with Crippen molar-refractivity contribution < 1.29 is 9.90 Å². The highest BCUT2D eigenvalue weighted by Gasteiger charge is 2.27. The van der Waals surface area contributed by atoms with Crippen molar-refractivity contribution in [2.75, 3.05) is 6.54 Å². The van der Waals surface area contributed by atoms with Crippen molar-refractivity contribution in [3.05, 3.63) is 68.9 Å². The van der Waals surface area contributed by atoms with Crippen molar-refractivity contribution in [2.45, 2.75) is 33.0 Å². The number of nitrogens with zero attached hydrogens (tertiary/aromatic N) is 4. The molecule has 0 saturated carbocycles. The van der Waals surface area contributed by atoms with Crippen LogP contribution in [0.4, 0.5) is 0 Å². The van der Waals surface area contributed by atoms with Crippen molar-refractivity contribution in [3.63, 3.8) is 0 Å². The molecule has 1 atom stereocenters. The fraction of sp³-hybridized carbons (Fsp3) is 0.316. The number of amides is 1. The van der Waals surface area contributed by atoms with Crippen LogP contribution >= 0.6 is 11.3 Å². The monoisotopic (exact) mass is 368 g/mol. The number of benzene rings is 1. The number of rotatable bonds is 3. The van der Waals surface area contributed by atoms with Gasteiger partial charge in [0.25, 0.3) is 5.91 Å². The Morgan fingerprint density at radius 1 is 1.23 bits per heavy atom. The van der Waals surface area contributed by atoms with Gasteiger partial charge in [0.05, 0.1) is 29.5 Å². The Labute approximate surface area is 155 Å². The van der Waals surface area contributed by atoms with Gasteiger partial charge in [0, 0.05) is 11.4 Å². The molecule has 0 unspecified atom stereocenters. The molecular weight excluding hydrogens is 348 g/mol. The number of aryl methyl sites for hydroxylation is 2. The van der Waals surface area contributed by atoms with Gasteiger partial charge in [0.1, 0.15) is 11.8 Å². The maximum atomic E-state index is 12.8. The standard InChI is InChI=1S/C19H20N4O2S/c1-12-17(20-13(2)26-12)19(25)22-8-9-23-15(11-22)10-16(21-23)18(24)14-6-4-3-5-7-14/h3-7,10,18,24H,8-9,11H2,1-2H3/t18-/m0/s1. The number of carbonyl (C=O) groups excluding carboxylic acids is 1. The lowest BCUT2D eigenvalue weighted by Crippen LogP contribution is -2.38. The van der Waals surface area contributed by atoms with E-state index in [2.05, 4.69) is 10.1 Å². The molecule has 0 radical (unpaired) electrons. The summed E-state index contributed by atoms with van der Waals surface area (Å²) in [5, 5.41) is 16.0. The number of hydrogen-bond acceptors (Lipinski definition) is 5. The SMILES string of the molecule is Cc1nc(C(=O)N2CCn3nc([C@@H](O)c4ccccc4)cc3C2)c(C)s1. The van der Waals surface area contributed by atoms with Gasteiger partial charge in [-0.3, -0.25) is 9.48 Å². The largest absolute Gasteiger partial charge is 0.382 e. The Kier molecular flexibility index (Phi) is 4.34. The van der Waals surface area contributed by atoms with E-state index in [1.54, 1.807) is 16.2 Å². The first-order valence-corrected chi connectivity index (χ1v) is 9.37. The quantitative estimate of drug-likeness (QED) is 0.772. The lowest BCUT2D eigenvalue weighted by Gasteiger charge is -2.27. The summed E-state index contributed by atoms with van der Waals surface area (Å²) >= 11 is 1.54. The summed E-state index contributed by atoms with van der Waals surface area (Å²) in [5.74, 6) is -0.0375. The van der Waals surface area contributed by atoms with Crippen LogP contribution < -0.4 is 0 Å². The van der Waals surface area contributed by atoms with Gasteiger partial charge in [-0.25, -0.2) is 4.98 Å². The predicted octanol–water partition coefficient (Wildman–Crippen LogP) is 2.69. The number of aliphatic hydroxyl groups excluding tert-OH is 1. The maximum Gasteiger partial charge on any atom is 0.274 e. The summed E-state index contributed by atoms with van der Waals surface area (Å²) in [6.45, 7) is 5.52. The first kappa shape index (κ1) is 16.9. The average Bonchev–Trinajstić information content (AvgIpc) is 3.23. The van der Waals surface area contributed by atoms with E-state index in [0.29, 0.717) is 31.0 Å². The number of fused-ring (bicyclic) bond motifs is 1. The molecule has 0 saturated heterocycles. The molecular formula is C19H20N4O2S. The van der Waals surface area contributed by atoms with Gasteiger partial charge >= 0.3 is 0 Å². The van der Waals surface area contributed by atoms with Crippen molar-refractivity contribution in [2.24, 2.45) is 0 Å². The van der Waals surface area contributed by atoms with Crippen LogP contribution in [0.2, 0.25) is 0 Å². The fourth-order valence-corrected chi connectivity index (χ4v) is 4.09. The van der Waals surface area contributed by atoms with E-state index in [0.717, 1.165) is 21.1 Å². The normalized spacial score (nSPS) is 15.0. The Bertz CT molecular complexity index is 948. The average molecular weight is 368 g/mol. The second kappa shape index (κ2) is 6.66. The van der Waals surface area contributed by atoms with Crippen molar-refractivity contribution in [1.82, 2.24) is 19.7 Å². The van der Waals surface area contributed by atoms with Gasteiger partial charge in [0.15, 0.2) is 0 Å². The number of carbonyl (C=O) groups is 1. The third kappa shape index (κ3) is 3.04. The van der Waals surface area contributed by atoms with Gasteiger partial charge < -0.3 is 10.0 Å². The molecule has 0 bridgehead atoms. The van der Waals surface area contributed by atoms with Crippen molar-refractivity contribution >= 4 is 17.2 Å². The van der Waals surface area contributed by atoms with Gasteiger partial charge in [-0.2, -0.15) is 5.10 Å². The molecule has 1 aromatic carbocycles. The summed E-state index contributed by atoms with van der Waals surface area (Å²) in [5.41, 5.74) is 2.90. The topological polar surface area (TPSA) is 71.2 Å². The van der Waals surface area contributed by atoms with E-state index < -0.39 is 6.10 Å². The summed E-state index contributed by atoms with van der Waals surface area (Å²) in [4.78, 5) is 19.9. The lowest BCUT2D eigenvalue weighted by atomic mass is 10.1. The fourth-order valence-electron chi connectivity index (χ4n) is 3.28. The van der Waals surface area contributed by atoms with Crippen LogP contribution in [0.25, 0.3) is 0 Å². The van der Waals surface area contributed by atoms with Crippen LogP contribution in [0.5, 0.6) is 0 Å². The summed E-state index contributed by atoms with van der Waals surface area (Å²) < 4.78 is 1.88. The van der Waals surface area contributed by atoms with E-state index in [1.165, 1.54) is 0 Å². The van der Waals surface area contributed by atoms with Crippen LogP contribution in [0.1, 0.15) is 43.4 Å². The highest BCUT2D eigenvalue weighted by molar-refractivity contribution is 7.11. The van der Waals surface area contributed by atoms with E-state index in [-0.39, 0.29) is 5.91 Å². The molecule has 3 aromatic rings. The van der Waals surface area contributed by atoms with E-state index in [4.69, 9.17) is 0 Å². The molecule has 0 aliphatic carbocycles. The molecule has 1 N–H and O–H groups in total. The first-order valence-electron chi connectivity index (χ1n) is 8.56. The molecule has 134 valence electrons. The minimum atomic E-state index is -0.762. The molecule has 1 aliphatic rings. The molecule has 1 aliphatic heterocycles. The molecule has 6 nitrogen and oxygen atoms in total. The van der Waals surface area contributed by atoms with E-state index in [9.17, 15) is 9.90 Å². The summed E-state index contributed by atoms with van der Waals surface area (Å²) in [6, 6.07) is 11.4. The van der Waals surface area contributed by atoms with Crippen molar-refractivity contribution in [3.8, 4) is 0 Å². The maximum absolute atomic E-state index is 12.8. The smallest absolute Gasteiger partial charge is 0.274 e. The molecule has 7 heteroatoms. The number of thiazole rings is 1. The highest BCUT2D eigenvalue weighted by Crippen LogP contribution is 2.25. The van der Waals surface area contributed by atoms with Gasteiger partial charge in [0.2, 0.25) is 0 Å². The van der Waals surface area contributed by atoms with Crippen LogP contribution in [-0.4, -0.2) is 37.2 Å². The predicted molar refractivity (Wildman–Crippen MR) is 99.1 cm³/mol. The van der Waals surface area contributed by atoms with Crippen LogP contribution in [0, 0.1) is 13.8 Å². The molecule has 2 aromatic heterocycles. The Hall–Kier alpha value is -2.51. The zero-order chi connectivity index (χ0) is 18.3. The Balaban J connectivity index is 1.55. The second-order valence-corrected chi connectivity index (χ2v) is 7.87. The van der Waals surface area contributed by atoms with Gasteiger partial charge in [-0.1, -0.05) is 30.3 Å². The zero-order valence-electron chi connectivity index (χ0n) is 14.7. The highest BCUT2D eigenvalue weighted by atomic mass is 32.1. The molecule has 4 rings (SSSR count). The van der Waals surface area contributed by atoms with Gasteiger partial charge in [-0.05, 0) is 25.5 Å². The minimum Gasteiger partial charge on any atom is -0.382 e. The zero-order valence-corrected chi connectivity index (χ0v) is 15.5. The first-order chi connectivity index (χ1) is 12.5. The molecule has 26 heavy (non-hydrogen) atoms. The molecule has 0 spiro atoms. The Morgan fingerprint density at radius 2 is 2.00 bits per heavy atom. The molecule has 1 amide bonds. The van der Waals surface area contributed by atoms with Crippen molar-refractivity contribution in [1.29, 1.82) is 0 Å². The third-order valence-electron chi connectivity index (χ3n) is 4.61. The third-order valence-corrected chi connectivity index (χ3v) is 5.49. The van der Waals surface area contributed by atoms with Crippen LogP contribution in [0.15, 0.2) is 36.4 Å². The summed E-state index contributed by atoms with van der Waals surface area (Å²) in [6.07, 6.45) is -0.762. The summed E-state index contributed by atoms with van der Waals surface area (Å²) in [7, 11) is 0. The molecule has 0 fully saturated rings. The minimum absolute atomic E-state index is 0.0375. The van der Waals surface area contributed by atoms with Crippen LogP contribution in [-0.2, 0) is 13.1 Å². The number of aromatic nitrogens is 3. The lowest BCUT2D eigenvalue weighted by molar-refractivity contribution is 0.0699. The number of hydrogen-bond donors (Lipinski definition) is 1. The second-order valence-electron chi connectivity index (χ2n) is 6.46. The van der Waals surface area contributed by atoms with E-state index >= 15 is 0 Å². The van der Waals surface area contributed by atoms with Crippen LogP contribution in [0.3, 0.4) is 0 Å². The molecule has 3 heterocycles. The number of aliphatic hydroxyl groups is 1. The Morgan fingerprint density at radius 3 is 2.69 bits per heavy atom. The van der Waals surface area contributed by atoms with E-state index in [1.807, 2.05) is 54.9 Å².